The number of rotatable bonds is 2. The molecule has 0 aromatic carbocycles. The maximum atomic E-state index is 12.4. The summed E-state index contributed by atoms with van der Waals surface area (Å²) in [4.78, 5) is 0.728. The SMILES string of the molecule is CC(N)(c1ccc(C#N)s1)C(F)F. The van der Waals surface area contributed by atoms with E-state index in [4.69, 9.17) is 11.0 Å². The first-order valence-corrected chi connectivity index (χ1v) is 4.37. The van der Waals surface area contributed by atoms with Crippen LogP contribution in [0.4, 0.5) is 8.78 Å². The van der Waals surface area contributed by atoms with Gasteiger partial charge in [0.15, 0.2) is 0 Å². The lowest BCUT2D eigenvalue weighted by Crippen LogP contribution is -2.39. The molecule has 0 radical (unpaired) electrons. The molecule has 1 rings (SSSR count). The van der Waals surface area contributed by atoms with Crippen LogP contribution in [0.5, 0.6) is 0 Å². The molecule has 2 nitrogen and oxygen atoms in total. The summed E-state index contributed by atoms with van der Waals surface area (Å²) in [6.07, 6.45) is -2.63. The van der Waals surface area contributed by atoms with E-state index in [9.17, 15) is 8.78 Å². The van der Waals surface area contributed by atoms with Gasteiger partial charge in [0.05, 0.1) is 0 Å². The highest BCUT2D eigenvalue weighted by atomic mass is 32.1. The van der Waals surface area contributed by atoms with E-state index in [0.29, 0.717) is 9.75 Å². The summed E-state index contributed by atoms with van der Waals surface area (Å²) in [5.74, 6) is 0. The van der Waals surface area contributed by atoms with E-state index in [-0.39, 0.29) is 0 Å². The Morgan fingerprint density at radius 3 is 2.62 bits per heavy atom. The monoisotopic (exact) mass is 202 g/mol. The highest BCUT2D eigenvalue weighted by molar-refractivity contribution is 7.12. The fraction of sp³-hybridized carbons (Fsp3) is 0.375. The molecule has 0 aliphatic rings. The van der Waals surface area contributed by atoms with Gasteiger partial charge in [-0.15, -0.1) is 11.3 Å². The summed E-state index contributed by atoms with van der Waals surface area (Å²) in [7, 11) is 0. The molecular weight excluding hydrogens is 194 g/mol. The van der Waals surface area contributed by atoms with Crippen LogP contribution in [0, 0.1) is 11.3 Å². The molecule has 13 heavy (non-hydrogen) atoms. The molecule has 0 amide bonds. The van der Waals surface area contributed by atoms with Crippen molar-refractivity contribution in [1.82, 2.24) is 0 Å². The summed E-state index contributed by atoms with van der Waals surface area (Å²) in [6, 6.07) is 4.84. The van der Waals surface area contributed by atoms with Gasteiger partial charge in [0.25, 0.3) is 6.43 Å². The molecule has 0 spiro atoms. The van der Waals surface area contributed by atoms with Gasteiger partial charge in [-0.3, -0.25) is 0 Å². The number of hydrogen-bond acceptors (Lipinski definition) is 3. The number of nitrogens with two attached hydrogens (primary N) is 1. The van der Waals surface area contributed by atoms with E-state index >= 15 is 0 Å². The summed E-state index contributed by atoms with van der Waals surface area (Å²) in [5, 5.41) is 8.49. The van der Waals surface area contributed by atoms with Gasteiger partial charge < -0.3 is 5.73 Å². The Labute approximate surface area is 78.6 Å². The van der Waals surface area contributed by atoms with Crippen LogP contribution in [0.1, 0.15) is 16.7 Å². The molecule has 1 unspecified atom stereocenters. The zero-order valence-corrected chi connectivity index (χ0v) is 7.74. The summed E-state index contributed by atoms with van der Waals surface area (Å²) >= 11 is 1.00. The number of halogens is 2. The minimum Gasteiger partial charge on any atom is -0.316 e. The highest BCUT2D eigenvalue weighted by Crippen LogP contribution is 2.30. The lowest BCUT2D eigenvalue weighted by atomic mass is 10.0. The Hall–Kier alpha value is -0.990. The first-order chi connectivity index (χ1) is 5.98. The first-order valence-electron chi connectivity index (χ1n) is 3.56. The summed E-state index contributed by atoms with van der Waals surface area (Å²) in [5.41, 5.74) is 3.75. The number of hydrogen-bond donors (Lipinski definition) is 1. The van der Waals surface area contributed by atoms with E-state index in [2.05, 4.69) is 0 Å². The Morgan fingerprint density at radius 1 is 1.62 bits per heavy atom. The first kappa shape index (κ1) is 10.1. The maximum absolute atomic E-state index is 12.4. The number of alkyl halides is 2. The number of nitriles is 1. The molecule has 1 aromatic heterocycles. The van der Waals surface area contributed by atoms with Crippen LogP contribution in [-0.2, 0) is 5.54 Å². The molecule has 1 atom stereocenters. The van der Waals surface area contributed by atoms with Crippen LogP contribution >= 0.6 is 11.3 Å². The van der Waals surface area contributed by atoms with E-state index in [1.54, 1.807) is 0 Å². The second-order valence-electron chi connectivity index (χ2n) is 2.86. The van der Waals surface area contributed by atoms with E-state index in [1.807, 2.05) is 6.07 Å². The third-order valence-electron chi connectivity index (χ3n) is 1.70. The summed E-state index contributed by atoms with van der Waals surface area (Å²) < 4.78 is 24.8. The molecule has 0 fully saturated rings. The van der Waals surface area contributed by atoms with Crippen molar-refractivity contribution >= 4 is 11.3 Å². The van der Waals surface area contributed by atoms with E-state index in [0.717, 1.165) is 11.3 Å². The van der Waals surface area contributed by atoms with Gasteiger partial charge in [0.1, 0.15) is 16.5 Å². The lowest BCUT2D eigenvalue weighted by molar-refractivity contribution is 0.0644. The van der Waals surface area contributed by atoms with Gasteiger partial charge in [-0.2, -0.15) is 5.26 Å². The zero-order valence-electron chi connectivity index (χ0n) is 6.92. The summed E-state index contributed by atoms with van der Waals surface area (Å²) in [6.45, 7) is 1.25. The van der Waals surface area contributed by atoms with Crippen LogP contribution in [-0.4, -0.2) is 6.43 Å². The second-order valence-corrected chi connectivity index (χ2v) is 3.94. The van der Waals surface area contributed by atoms with Crippen molar-refractivity contribution in [3.8, 4) is 6.07 Å². The molecule has 1 aromatic rings. The Bertz CT molecular complexity index is 338. The molecule has 2 N–H and O–H groups in total. The molecule has 5 heteroatoms. The Morgan fingerprint density at radius 2 is 2.23 bits per heavy atom. The lowest BCUT2D eigenvalue weighted by Gasteiger charge is -2.21. The van der Waals surface area contributed by atoms with Gasteiger partial charge in [-0.25, -0.2) is 8.78 Å². The molecule has 1 heterocycles. The highest BCUT2D eigenvalue weighted by Gasteiger charge is 2.33. The molecule has 70 valence electrons. The molecule has 0 aliphatic heterocycles. The predicted octanol–water partition coefficient (Wildman–Crippen LogP) is 2.06. The minimum atomic E-state index is -2.63. The molecular formula is C8H8F2N2S. The van der Waals surface area contributed by atoms with Gasteiger partial charge in [0, 0.05) is 4.88 Å². The van der Waals surface area contributed by atoms with Crippen molar-refractivity contribution in [3.05, 3.63) is 21.9 Å². The Balaban J connectivity index is 3.02. The molecule has 0 aliphatic carbocycles. The minimum absolute atomic E-state index is 0.332. The number of thiophene rings is 1. The average Bonchev–Trinajstić information content (AvgIpc) is 2.51. The predicted molar refractivity (Wildman–Crippen MR) is 46.6 cm³/mol. The standard InChI is InChI=1S/C8H8F2N2S/c1-8(12,7(9)10)6-3-2-5(4-11)13-6/h2-3,7H,12H2,1H3. The van der Waals surface area contributed by atoms with Crippen molar-refractivity contribution in [1.29, 1.82) is 5.26 Å². The van der Waals surface area contributed by atoms with Crippen LogP contribution in [0.15, 0.2) is 12.1 Å². The van der Waals surface area contributed by atoms with Gasteiger partial charge in [-0.1, -0.05) is 0 Å². The van der Waals surface area contributed by atoms with Crippen molar-refractivity contribution < 1.29 is 8.78 Å². The maximum Gasteiger partial charge on any atom is 0.260 e. The average molecular weight is 202 g/mol. The van der Waals surface area contributed by atoms with Crippen molar-refractivity contribution in [2.45, 2.75) is 18.9 Å². The van der Waals surface area contributed by atoms with Gasteiger partial charge in [-0.05, 0) is 19.1 Å². The second kappa shape index (κ2) is 3.40. The zero-order chi connectivity index (χ0) is 10.1. The molecule has 0 bridgehead atoms. The van der Waals surface area contributed by atoms with E-state index < -0.39 is 12.0 Å². The normalized spacial score (nSPS) is 15.4. The van der Waals surface area contributed by atoms with Crippen LogP contribution in [0.25, 0.3) is 0 Å². The third-order valence-corrected chi connectivity index (χ3v) is 2.94. The number of nitrogens with zero attached hydrogens (tertiary/aromatic N) is 1. The molecule has 0 saturated carbocycles. The van der Waals surface area contributed by atoms with Crippen molar-refractivity contribution in [3.63, 3.8) is 0 Å². The Kier molecular flexibility index (Phi) is 2.64. The largest absolute Gasteiger partial charge is 0.316 e. The van der Waals surface area contributed by atoms with Gasteiger partial charge >= 0.3 is 0 Å². The van der Waals surface area contributed by atoms with Crippen LogP contribution < -0.4 is 5.73 Å². The van der Waals surface area contributed by atoms with Gasteiger partial charge in [0.2, 0.25) is 0 Å². The van der Waals surface area contributed by atoms with Crippen LogP contribution in [0.3, 0.4) is 0 Å². The third kappa shape index (κ3) is 1.85. The van der Waals surface area contributed by atoms with Crippen molar-refractivity contribution in [2.24, 2.45) is 5.73 Å². The van der Waals surface area contributed by atoms with E-state index in [1.165, 1.54) is 19.1 Å². The van der Waals surface area contributed by atoms with Crippen molar-refractivity contribution in [2.75, 3.05) is 0 Å². The molecule has 0 saturated heterocycles. The fourth-order valence-electron chi connectivity index (χ4n) is 0.795. The quantitative estimate of drug-likeness (QED) is 0.798. The fourth-order valence-corrected chi connectivity index (χ4v) is 1.66. The van der Waals surface area contributed by atoms with Crippen LogP contribution in [0.2, 0.25) is 0 Å². The topological polar surface area (TPSA) is 49.8 Å². The smallest absolute Gasteiger partial charge is 0.260 e.